The number of hydrogen-bond donors (Lipinski definition) is 0. The minimum Gasteiger partial charge on any atom is -0.410 e. The highest BCUT2D eigenvalue weighted by Crippen LogP contribution is 2.42. The Bertz CT molecular complexity index is 356. The molecule has 1 aliphatic heterocycles. The lowest BCUT2D eigenvalue weighted by Gasteiger charge is -2.46. The molecule has 0 spiro atoms. The highest BCUT2D eigenvalue weighted by molar-refractivity contribution is 5.66. The molecule has 1 heterocycles. The molecule has 0 amide bonds. The van der Waals surface area contributed by atoms with Gasteiger partial charge in [0.2, 0.25) is 5.72 Å². The molecule has 0 aromatic heterocycles. The highest BCUT2D eigenvalue weighted by Gasteiger charge is 2.55. The van der Waals surface area contributed by atoms with Crippen molar-refractivity contribution in [2.45, 2.75) is 45.4 Å². The Morgan fingerprint density at radius 2 is 2.19 bits per heavy atom. The zero-order chi connectivity index (χ0) is 11.8. The van der Waals surface area contributed by atoms with Crippen LogP contribution in [0.25, 0.3) is 0 Å². The van der Waals surface area contributed by atoms with Gasteiger partial charge in [0.25, 0.3) is 0 Å². The van der Waals surface area contributed by atoms with Crippen LogP contribution in [0.3, 0.4) is 0 Å². The number of nitrogens with zero attached hydrogens (tertiary/aromatic N) is 2. The molecule has 1 atom stereocenters. The van der Waals surface area contributed by atoms with Gasteiger partial charge in [-0.2, -0.15) is 0 Å². The zero-order valence-electron chi connectivity index (χ0n) is 10.1. The van der Waals surface area contributed by atoms with Crippen molar-refractivity contribution in [1.29, 1.82) is 0 Å². The number of aliphatic imine (C=N–C) groups is 1. The summed E-state index contributed by atoms with van der Waals surface area (Å²) in [7, 11) is 0. The molecule has 0 bridgehead atoms. The molecular formula is C12H19N2O2+. The Morgan fingerprint density at radius 3 is 2.62 bits per heavy atom. The normalized spacial score (nSPS) is 29.2. The molecule has 0 N–H and O–H groups in total. The van der Waals surface area contributed by atoms with E-state index in [1.165, 1.54) is 19.8 Å². The molecule has 1 aliphatic carbocycles. The topological polar surface area (TPSA) is 38.7 Å². The fourth-order valence-electron chi connectivity index (χ4n) is 2.54. The second-order valence-electron chi connectivity index (χ2n) is 5.01. The van der Waals surface area contributed by atoms with Crippen LogP contribution in [-0.2, 0) is 9.53 Å². The second-order valence-corrected chi connectivity index (χ2v) is 5.01. The van der Waals surface area contributed by atoms with Crippen LogP contribution in [0.5, 0.6) is 0 Å². The van der Waals surface area contributed by atoms with Crippen molar-refractivity contribution in [3.05, 3.63) is 12.4 Å². The summed E-state index contributed by atoms with van der Waals surface area (Å²) in [5.74, 6) is -0.223. The molecule has 0 aromatic carbocycles. The predicted octanol–water partition coefficient (Wildman–Crippen LogP) is 1.82. The van der Waals surface area contributed by atoms with Crippen LogP contribution >= 0.6 is 0 Å². The van der Waals surface area contributed by atoms with Gasteiger partial charge >= 0.3 is 5.97 Å². The SMILES string of the molecule is CC(=O)OC(C)(C)[N+]1(C2CC2)C=CN=CC1. The third-order valence-electron chi connectivity index (χ3n) is 3.50. The van der Waals surface area contributed by atoms with Crippen molar-refractivity contribution in [3.8, 4) is 0 Å². The van der Waals surface area contributed by atoms with E-state index in [0.29, 0.717) is 10.5 Å². The van der Waals surface area contributed by atoms with E-state index in [1.54, 1.807) is 0 Å². The highest BCUT2D eigenvalue weighted by atomic mass is 16.6. The first kappa shape index (κ1) is 11.3. The first-order valence-corrected chi connectivity index (χ1v) is 5.74. The molecule has 4 heteroatoms. The average molecular weight is 223 g/mol. The minimum atomic E-state index is -0.518. The van der Waals surface area contributed by atoms with Gasteiger partial charge in [-0.3, -0.25) is 14.3 Å². The Balaban J connectivity index is 2.28. The average Bonchev–Trinajstić information content (AvgIpc) is 2.99. The predicted molar refractivity (Wildman–Crippen MR) is 61.6 cm³/mol. The van der Waals surface area contributed by atoms with Crippen LogP contribution in [0.15, 0.2) is 17.4 Å². The lowest BCUT2D eigenvalue weighted by atomic mass is 10.1. The van der Waals surface area contributed by atoms with Gasteiger partial charge in [-0.15, -0.1) is 0 Å². The lowest BCUT2D eigenvalue weighted by Crippen LogP contribution is -2.62. The number of hydrogen-bond acceptors (Lipinski definition) is 3. The van der Waals surface area contributed by atoms with Crippen LogP contribution in [0.2, 0.25) is 0 Å². The molecular weight excluding hydrogens is 204 g/mol. The summed E-state index contributed by atoms with van der Waals surface area (Å²) < 4.78 is 6.19. The summed E-state index contributed by atoms with van der Waals surface area (Å²) in [6.07, 6.45) is 8.18. The maximum absolute atomic E-state index is 11.2. The summed E-state index contributed by atoms with van der Waals surface area (Å²) in [4.78, 5) is 15.3. The largest absolute Gasteiger partial charge is 0.410 e. The third-order valence-corrected chi connectivity index (χ3v) is 3.50. The lowest BCUT2D eigenvalue weighted by molar-refractivity contribution is -0.952. The van der Waals surface area contributed by atoms with Crippen molar-refractivity contribution in [2.75, 3.05) is 6.54 Å². The number of quaternary nitrogens is 1. The van der Waals surface area contributed by atoms with Gasteiger partial charge < -0.3 is 4.74 Å². The number of carbonyl (C=O) groups excluding carboxylic acids is 1. The molecule has 16 heavy (non-hydrogen) atoms. The van der Waals surface area contributed by atoms with E-state index < -0.39 is 5.72 Å². The van der Waals surface area contributed by atoms with Gasteiger partial charge in [0.15, 0.2) is 0 Å². The van der Waals surface area contributed by atoms with Crippen LogP contribution in [0, 0.1) is 0 Å². The van der Waals surface area contributed by atoms with Crippen LogP contribution in [0.4, 0.5) is 0 Å². The van der Waals surface area contributed by atoms with Crippen LogP contribution in [0.1, 0.15) is 33.6 Å². The Labute approximate surface area is 96.2 Å². The molecule has 1 saturated carbocycles. The Kier molecular flexibility index (Phi) is 2.62. The number of esters is 1. The third kappa shape index (κ3) is 1.78. The molecule has 4 nitrogen and oxygen atoms in total. The number of ether oxygens (including phenoxy) is 1. The first-order chi connectivity index (χ1) is 7.48. The van der Waals surface area contributed by atoms with E-state index in [-0.39, 0.29) is 5.97 Å². The fraction of sp³-hybridized carbons (Fsp3) is 0.667. The first-order valence-electron chi connectivity index (χ1n) is 5.74. The molecule has 0 radical (unpaired) electrons. The summed E-state index contributed by atoms with van der Waals surface area (Å²) in [6.45, 7) is 6.24. The van der Waals surface area contributed by atoms with Crippen LogP contribution in [-0.4, -0.2) is 35.0 Å². The second kappa shape index (κ2) is 3.70. The molecule has 0 aromatic rings. The minimum absolute atomic E-state index is 0.223. The van der Waals surface area contributed by atoms with Gasteiger partial charge in [-0.25, -0.2) is 0 Å². The van der Waals surface area contributed by atoms with Gasteiger partial charge in [0.05, 0.1) is 18.5 Å². The zero-order valence-corrected chi connectivity index (χ0v) is 10.1. The van der Waals surface area contributed by atoms with Crippen molar-refractivity contribution >= 4 is 12.2 Å². The van der Waals surface area contributed by atoms with Crippen molar-refractivity contribution in [2.24, 2.45) is 4.99 Å². The summed E-state index contributed by atoms with van der Waals surface area (Å²) in [6, 6.07) is 0.567. The van der Waals surface area contributed by atoms with Gasteiger partial charge in [-0.1, -0.05) is 0 Å². The van der Waals surface area contributed by atoms with E-state index in [0.717, 1.165) is 6.54 Å². The van der Waals surface area contributed by atoms with Crippen molar-refractivity contribution < 1.29 is 14.0 Å². The van der Waals surface area contributed by atoms with E-state index in [9.17, 15) is 4.79 Å². The summed E-state index contributed by atoms with van der Waals surface area (Å²) in [5, 5.41) is 0. The number of carbonyl (C=O) groups is 1. The van der Waals surface area contributed by atoms with Gasteiger partial charge in [0, 0.05) is 33.6 Å². The maximum Gasteiger partial charge on any atom is 0.307 e. The fourth-order valence-corrected chi connectivity index (χ4v) is 2.54. The molecule has 2 rings (SSSR count). The quantitative estimate of drug-likeness (QED) is 0.540. The number of rotatable bonds is 3. The Hall–Kier alpha value is -1.16. The standard InChI is InChI=1S/C12H19N2O2/c1-10(15)16-12(2,3)14(11-4-5-11)8-6-13-7-9-14/h6-8,11H,4-5,9H2,1-3H3/q+1. The molecule has 1 unspecified atom stereocenters. The molecule has 1 fully saturated rings. The Morgan fingerprint density at radius 1 is 1.50 bits per heavy atom. The van der Waals surface area contributed by atoms with Gasteiger partial charge in [0.1, 0.15) is 12.7 Å². The summed E-state index contributed by atoms with van der Waals surface area (Å²) in [5.41, 5.74) is -0.518. The van der Waals surface area contributed by atoms with E-state index in [2.05, 4.69) is 11.2 Å². The van der Waals surface area contributed by atoms with E-state index in [1.807, 2.05) is 26.3 Å². The monoisotopic (exact) mass is 223 g/mol. The van der Waals surface area contributed by atoms with Crippen molar-refractivity contribution in [3.63, 3.8) is 0 Å². The van der Waals surface area contributed by atoms with Gasteiger partial charge in [-0.05, 0) is 0 Å². The molecule has 0 saturated heterocycles. The maximum atomic E-state index is 11.2. The van der Waals surface area contributed by atoms with E-state index >= 15 is 0 Å². The van der Waals surface area contributed by atoms with Crippen molar-refractivity contribution in [1.82, 2.24) is 0 Å². The molecule has 2 aliphatic rings. The van der Waals surface area contributed by atoms with Crippen LogP contribution < -0.4 is 0 Å². The summed E-state index contributed by atoms with van der Waals surface area (Å²) >= 11 is 0. The van der Waals surface area contributed by atoms with E-state index in [4.69, 9.17) is 4.74 Å². The molecule has 88 valence electrons. The smallest absolute Gasteiger partial charge is 0.307 e.